The van der Waals surface area contributed by atoms with E-state index in [1.165, 1.54) is 0 Å². The Balaban J connectivity index is 1.66. The highest BCUT2D eigenvalue weighted by molar-refractivity contribution is 5.95. The average Bonchev–Trinajstić information content (AvgIpc) is 2.51. The Morgan fingerprint density at radius 3 is 2.60 bits per heavy atom. The summed E-state index contributed by atoms with van der Waals surface area (Å²) < 4.78 is 5.22. The largest absolute Gasteiger partial charge is 0.378 e. The number of morpholine rings is 1. The summed E-state index contributed by atoms with van der Waals surface area (Å²) in [5.41, 5.74) is 0. The molecule has 3 heterocycles. The number of rotatable bonds is 0. The molecule has 8 nitrogen and oxygen atoms in total. The number of carbonyl (C=O) groups excluding carboxylic acids is 3. The first-order valence-electron chi connectivity index (χ1n) is 6.85. The summed E-state index contributed by atoms with van der Waals surface area (Å²) in [6, 6.07) is -0.617. The summed E-state index contributed by atoms with van der Waals surface area (Å²) in [5.74, 6) is -0.253. The van der Waals surface area contributed by atoms with Crippen molar-refractivity contribution >= 4 is 17.8 Å². The molecule has 1 N–H and O–H groups in total. The summed E-state index contributed by atoms with van der Waals surface area (Å²) in [4.78, 5) is 40.9. The van der Waals surface area contributed by atoms with Crippen LogP contribution in [0, 0.1) is 0 Å². The highest BCUT2D eigenvalue weighted by Crippen LogP contribution is 2.15. The van der Waals surface area contributed by atoms with Crippen LogP contribution in [0.3, 0.4) is 0 Å². The van der Waals surface area contributed by atoms with Gasteiger partial charge in [-0.1, -0.05) is 0 Å². The number of fused-ring (bicyclic) bond motifs is 1. The Kier molecular flexibility index (Phi) is 3.47. The summed E-state index contributed by atoms with van der Waals surface area (Å²) >= 11 is 0. The van der Waals surface area contributed by atoms with Gasteiger partial charge in [0.2, 0.25) is 11.8 Å². The second kappa shape index (κ2) is 5.28. The van der Waals surface area contributed by atoms with Crippen LogP contribution in [0.4, 0.5) is 4.79 Å². The van der Waals surface area contributed by atoms with Crippen molar-refractivity contribution in [1.29, 1.82) is 0 Å². The van der Waals surface area contributed by atoms with Crippen LogP contribution in [0.2, 0.25) is 0 Å². The van der Waals surface area contributed by atoms with E-state index in [-0.39, 0.29) is 30.9 Å². The molecule has 3 aliphatic heterocycles. The standard InChI is InChI=1S/C12H18N4O4/c17-10-7-13-11(18)9-8-15(1-2-16(9)10)12(19)14-3-5-20-6-4-14/h9H,1-8H2,(H,13,18)/t9-/m1/s1. The van der Waals surface area contributed by atoms with E-state index in [4.69, 9.17) is 4.74 Å². The monoisotopic (exact) mass is 282 g/mol. The molecular weight excluding hydrogens is 264 g/mol. The van der Waals surface area contributed by atoms with Gasteiger partial charge < -0.3 is 24.8 Å². The summed E-state index contributed by atoms with van der Waals surface area (Å²) in [6.07, 6.45) is 0. The maximum atomic E-state index is 12.4. The zero-order valence-electron chi connectivity index (χ0n) is 11.2. The van der Waals surface area contributed by atoms with Crippen LogP contribution in [-0.2, 0) is 14.3 Å². The number of carbonyl (C=O) groups is 3. The zero-order valence-corrected chi connectivity index (χ0v) is 11.2. The fourth-order valence-electron chi connectivity index (χ4n) is 2.82. The molecule has 110 valence electrons. The number of piperazine rings is 2. The van der Waals surface area contributed by atoms with Gasteiger partial charge in [-0.05, 0) is 0 Å². The fourth-order valence-corrected chi connectivity index (χ4v) is 2.82. The number of hydrogen-bond acceptors (Lipinski definition) is 4. The van der Waals surface area contributed by atoms with Gasteiger partial charge in [0, 0.05) is 26.2 Å². The Bertz CT molecular complexity index is 435. The summed E-state index contributed by atoms with van der Waals surface area (Å²) in [5, 5.41) is 2.57. The van der Waals surface area contributed by atoms with E-state index in [0.29, 0.717) is 39.4 Å². The molecule has 0 bridgehead atoms. The number of nitrogens with one attached hydrogen (secondary N) is 1. The van der Waals surface area contributed by atoms with Gasteiger partial charge >= 0.3 is 6.03 Å². The quantitative estimate of drug-likeness (QED) is 0.561. The van der Waals surface area contributed by atoms with Gasteiger partial charge in [0.05, 0.1) is 26.3 Å². The number of ether oxygens (including phenoxy) is 1. The highest BCUT2D eigenvalue weighted by Gasteiger charge is 2.40. The maximum Gasteiger partial charge on any atom is 0.320 e. The molecular formula is C12H18N4O4. The molecule has 0 aromatic heterocycles. The van der Waals surface area contributed by atoms with Gasteiger partial charge in [0.25, 0.3) is 0 Å². The van der Waals surface area contributed by atoms with Crippen molar-refractivity contribution < 1.29 is 19.1 Å². The van der Waals surface area contributed by atoms with E-state index >= 15 is 0 Å². The van der Waals surface area contributed by atoms with E-state index in [1.807, 2.05) is 0 Å². The lowest BCUT2D eigenvalue weighted by molar-refractivity contribution is -0.148. The molecule has 1 atom stereocenters. The van der Waals surface area contributed by atoms with Crippen LogP contribution < -0.4 is 5.32 Å². The molecule has 0 spiro atoms. The second-order valence-electron chi connectivity index (χ2n) is 5.15. The van der Waals surface area contributed by atoms with Crippen molar-refractivity contribution in [3.05, 3.63) is 0 Å². The smallest absolute Gasteiger partial charge is 0.320 e. The fraction of sp³-hybridized carbons (Fsp3) is 0.750. The van der Waals surface area contributed by atoms with Gasteiger partial charge in [-0.2, -0.15) is 0 Å². The van der Waals surface area contributed by atoms with Crippen molar-refractivity contribution in [2.45, 2.75) is 6.04 Å². The van der Waals surface area contributed by atoms with E-state index in [0.717, 1.165) is 0 Å². The van der Waals surface area contributed by atoms with Crippen molar-refractivity contribution in [2.24, 2.45) is 0 Å². The predicted octanol–water partition coefficient (Wildman–Crippen LogP) is -1.92. The molecule has 20 heavy (non-hydrogen) atoms. The van der Waals surface area contributed by atoms with E-state index in [2.05, 4.69) is 5.32 Å². The minimum Gasteiger partial charge on any atom is -0.378 e. The third-order valence-corrected chi connectivity index (χ3v) is 3.97. The highest BCUT2D eigenvalue weighted by atomic mass is 16.5. The number of hydrogen-bond donors (Lipinski definition) is 1. The van der Waals surface area contributed by atoms with Crippen molar-refractivity contribution in [3.63, 3.8) is 0 Å². The molecule has 3 aliphatic rings. The SMILES string of the molecule is O=C1NCC(=O)N2CCN(C(=O)N3CCOCC3)C[C@H]12. The van der Waals surface area contributed by atoms with Crippen LogP contribution >= 0.6 is 0 Å². The second-order valence-corrected chi connectivity index (χ2v) is 5.15. The van der Waals surface area contributed by atoms with Crippen LogP contribution in [0.5, 0.6) is 0 Å². The minimum atomic E-state index is -0.546. The number of urea groups is 1. The van der Waals surface area contributed by atoms with Crippen LogP contribution in [0.15, 0.2) is 0 Å². The van der Waals surface area contributed by atoms with Crippen LogP contribution in [-0.4, -0.2) is 91.1 Å². The van der Waals surface area contributed by atoms with Crippen molar-refractivity contribution in [1.82, 2.24) is 20.0 Å². The van der Waals surface area contributed by atoms with Gasteiger partial charge in [-0.15, -0.1) is 0 Å². The van der Waals surface area contributed by atoms with Crippen molar-refractivity contribution in [2.75, 3.05) is 52.5 Å². The molecule has 0 aliphatic carbocycles. The molecule has 0 aromatic rings. The minimum absolute atomic E-state index is 0.0622. The lowest BCUT2D eigenvalue weighted by atomic mass is 10.1. The van der Waals surface area contributed by atoms with Crippen LogP contribution in [0.1, 0.15) is 0 Å². The van der Waals surface area contributed by atoms with Gasteiger partial charge in [-0.25, -0.2) is 4.79 Å². The molecule has 8 heteroatoms. The molecule has 3 fully saturated rings. The molecule has 0 saturated carbocycles. The third-order valence-electron chi connectivity index (χ3n) is 3.97. The van der Waals surface area contributed by atoms with E-state index < -0.39 is 6.04 Å². The van der Waals surface area contributed by atoms with Gasteiger partial charge in [0.1, 0.15) is 6.04 Å². The first-order valence-corrected chi connectivity index (χ1v) is 6.85. The van der Waals surface area contributed by atoms with Gasteiger partial charge in [0.15, 0.2) is 0 Å². The van der Waals surface area contributed by atoms with E-state index in [1.54, 1.807) is 14.7 Å². The lowest BCUT2D eigenvalue weighted by Gasteiger charge is -2.44. The van der Waals surface area contributed by atoms with Crippen molar-refractivity contribution in [3.8, 4) is 0 Å². The molecule has 3 rings (SSSR count). The first kappa shape index (κ1) is 13.2. The Hall–Kier alpha value is -1.83. The molecule has 0 unspecified atom stereocenters. The molecule has 0 aromatic carbocycles. The molecule has 3 saturated heterocycles. The predicted molar refractivity (Wildman–Crippen MR) is 67.9 cm³/mol. The van der Waals surface area contributed by atoms with Crippen LogP contribution in [0.25, 0.3) is 0 Å². The Morgan fingerprint density at radius 1 is 1.10 bits per heavy atom. The molecule has 0 radical (unpaired) electrons. The maximum absolute atomic E-state index is 12.4. The molecule has 4 amide bonds. The number of nitrogens with zero attached hydrogens (tertiary/aromatic N) is 3. The third kappa shape index (κ3) is 2.31. The van der Waals surface area contributed by atoms with E-state index in [9.17, 15) is 14.4 Å². The zero-order chi connectivity index (χ0) is 14.1. The Morgan fingerprint density at radius 2 is 1.85 bits per heavy atom. The summed E-state index contributed by atoms with van der Waals surface area (Å²) in [6.45, 7) is 3.49. The number of amides is 4. The topological polar surface area (TPSA) is 82.2 Å². The first-order chi connectivity index (χ1) is 9.66. The lowest BCUT2D eigenvalue weighted by Crippen LogP contribution is -2.67. The summed E-state index contributed by atoms with van der Waals surface area (Å²) in [7, 11) is 0. The average molecular weight is 282 g/mol. The van der Waals surface area contributed by atoms with Gasteiger partial charge in [-0.3, -0.25) is 9.59 Å². The normalized spacial score (nSPS) is 27.2. The Labute approximate surface area is 116 Å².